The number of carboxylic acids is 1. The number of aliphatic carboxylic acids is 1. The molecule has 2 aromatic rings. The van der Waals surface area contributed by atoms with Gasteiger partial charge in [0.15, 0.2) is 0 Å². The Hall–Kier alpha value is -1.94. The van der Waals surface area contributed by atoms with Crippen molar-refractivity contribution in [1.82, 2.24) is 4.98 Å². The van der Waals surface area contributed by atoms with E-state index in [1.807, 2.05) is 24.3 Å². The number of fused-ring (bicyclic) bond motifs is 1. The van der Waals surface area contributed by atoms with E-state index in [2.05, 4.69) is 4.98 Å². The third-order valence-corrected chi connectivity index (χ3v) is 2.48. The maximum absolute atomic E-state index is 10.6. The minimum absolute atomic E-state index is 0.333. The summed E-state index contributed by atoms with van der Waals surface area (Å²) < 4.78 is 0. The number of hydrogen-bond acceptors (Lipinski definition) is 3. The molecule has 1 unspecified atom stereocenters. The highest BCUT2D eigenvalue weighted by Crippen LogP contribution is 2.15. The predicted molar refractivity (Wildman–Crippen MR) is 61.1 cm³/mol. The van der Waals surface area contributed by atoms with E-state index in [0.717, 1.165) is 16.3 Å². The summed E-state index contributed by atoms with van der Waals surface area (Å²) in [5.74, 6) is -0.980. The van der Waals surface area contributed by atoms with E-state index in [9.17, 15) is 4.79 Å². The molecule has 0 aliphatic carbocycles. The topological polar surface area (TPSA) is 76.2 Å². The van der Waals surface area contributed by atoms with Gasteiger partial charge < -0.3 is 10.8 Å². The van der Waals surface area contributed by atoms with E-state index in [1.165, 1.54) is 0 Å². The molecule has 1 aromatic carbocycles. The molecule has 0 saturated carbocycles. The first kappa shape index (κ1) is 10.6. The molecule has 1 atom stereocenters. The van der Waals surface area contributed by atoms with Crippen molar-refractivity contribution in [1.29, 1.82) is 0 Å². The third kappa shape index (κ3) is 2.17. The van der Waals surface area contributed by atoms with E-state index < -0.39 is 12.0 Å². The Bertz CT molecular complexity index is 525. The zero-order valence-corrected chi connectivity index (χ0v) is 8.63. The van der Waals surface area contributed by atoms with E-state index in [1.54, 1.807) is 12.4 Å². The Morgan fingerprint density at radius 2 is 2.19 bits per heavy atom. The minimum atomic E-state index is -0.980. The van der Waals surface area contributed by atoms with Gasteiger partial charge in [-0.1, -0.05) is 12.1 Å². The first-order valence-electron chi connectivity index (χ1n) is 4.98. The smallest absolute Gasteiger partial charge is 0.320 e. The fourth-order valence-electron chi connectivity index (χ4n) is 1.60. The largest absolute Gasteiger partial charge is 0.480 e. The molecule has 2 rings (SSSR count). The zero-order chi connectivity index (χ0) is 11.5. The molecule has 0 amide bonds. The van der Waals surface area contributed by atoms with Crippen molar-refractivity contribution in [3.63, 3.8) is 0 Å². The molecule has 3 N–H and O–H groups in total. The molecule has 0 bridgehead atoms. The number of nitrogens with two attached hydrogens (primary N) is 1. The number of carbonyl (C=O) groups is 1. The summed E-state index contributed by atoms with van der Waals surface area (Å²) in [7, 11) is 0. The number of pyridine rings is 1. The van der Waals surface area contributed by atoms with Crippen LogP contribution in [-0.4, -0.2) is 22.1 Å². The summed E-state index contributed by atoms with van der Waals surface area (Å²) in [5.41, 5.74) is 6.39. The van der Waals surface area contributed by atoms with E-state index in [4.69, 9.17) is 10.8 Å². The average Bonchev–Trinajstić information content (AvgIpc) is 2.28. The highest BCUT2D eigenvalue weighted by molar-refractivity contribution is 5.82. The van der Waals surface area contributed by atoms with Gasteiger partial charge in [0.25, 0.3) is 0 Å². The van der Waals surface area contributed by atoms with Gasteiger partial charge >= 0.3 is 5.97 Å². The lowest BCUT2D eigenvalue weighted by molar-refractivity contribution is -0.138. The van der Waals surface area contributed by atoms with E-state index in [-0.39, 0.29) is 0 Å². The molecular formula is C12H12N2O2. The maximum atomic E-state index is 10.6. The second kappa shape index (κ2) is 4.28. The van der Waals surface area contributed by atoms with Crippen LogP contribution in [0.5, 0.6) is 0 Å². The molecule has 0 fully saturated rings. The SMILES string of the molecule is NC(Cc1ccc2ccncc2c1)C(=O)O. The molecule has 0 aliphatic rings. The van der Waals surface area contributed by atoms with Crippen LogP contribution in [0.25, 0.3) is 10.8 Å². The van der Waals surface area contributed by atoms with Crippen molar-refractivity contribution in [2.45, 2.75) is 12.5 Å². The van der Waals surface area contributed by atoms with Gasteiger partial charge in [-0.2, -0.15) is 0 Å². The maximum Gasteiger partial charge on any atom is 0.320 e. The average molecular weight is 216 g/mol. The quantitative estimate of drug-likeness (QED) is 0.808. The molecule has 4 heteroatoms. The number of carboxylic acid groups (broad SMARTS) is 1. The summed E-state index contributed by atoms with van der Waals surface area (Å²) in [4.78, 5) is 14.7. The Balaban J connectivity index is 2.29. The molecule has 4 nitrogen and oxygen atoms in total. The van der Waals surface area contributed by atoms with Crippen molar-refractivity contribution >= 4 is 16.7 Å². The fourth-order valence-corrected chi connectivity index (χ4v) is 1.60. The van der Waals surface area contributed by atoms with Crippen LogP contribution in [0, 0.1) is 0 Å². The molecular weight excluding hydrogens is 204 g/mol. The molecule has 1 aromatic heterocycles. The van der Waals surface area contributed by atoms with Crippen LogP contribution in [0.15, 0.2) is 36.7 Å². The zero-order valence-electron chi connectivity index (χ0n) is 8.63. The van der Waals surface area contributed by atoms with Gasteiger partial charge in [0.2, 0.25) is 0 Å². The van der Waals surface area contributed by atoms with Gasteiger partial charge in [0.05, 0.1) is 0 Å². The number of benzene rings is 1. The first-order chi connectivity index (χ1) is 7.66. The van der Waals surface area contributed by atoms with Crippen LogP contribution < -0.4 is 5.73 Å². The summed E-state index contributed by atoms with van der Waals surface area (Å²) >= 11 is 0. The molecule has 0 spiro atoms. The summed E-state index contributed by atoms with van der Waals surface area (Å²) in [6.45, 7) is 0. The molecule has 0 radical (unpaired) electrons. The van der Waals surface area contributed by atoms with Crippen molar-refractivity contribution in [3.05, 3.63) is 42.2 Å². The van der Waals surface area contributed by atoms with Crippen molar-refractivity contribution in [3.8, 4) is 0 Å². The Morgan fingerprint density at radius 1 is 1.38 bits per heavy atom. The third-order valence-electron chi connectivity index (χ3n) is 2.48. The molecule has 1 heterocycles. The Morgan fingerprint density at radius 3 is 2.94 bits per heavy atom. The van der Waals surface area contributed by atoms with Crippen LogP contribution in [0.4, 0.5) is 0 Å². The second-order valence-corrected chi connectivity index (χ2v) is 3.71. The summed E-state index contributed by atoms with van der Waals surface area (Å²) in [6.07, 6.45) is 3.82. The molecule has 0 aliphatic heterocycles. The Labute approximate surface area is 92.7 Å². The monoisotopic (exact) mass is 216 g/mol. The van der Waals surface area contributed by atoms with Gasteiger partial charge in [0.1, 0.15) is 6.04 Å². The Kier molecular flexibility index (Phi) is 2.83. The van der Waals surface area contributed by atoms with Gasteiger partial charge in [-0.15, -0.1) is 0 Å². The molecule has 0 saturated heterocycles. The molecule has 16 heavy (non-hydrogen) atoms. The van der Waals surface area contributed by atoms with Crippen LogP contribution in [0.3, 0.4) is 0 Å². The number of aromatic nitrogens is 1. The highest BCUT2D eigenvalue weighted by Gasteiger charge is 2.11. The van der Waals surface area contributed by atoms with Crippen LogP contribution in [0.1, 0.15) is 5.56 Å². The van der Waals surface area contributed by atoms with E-state index in [0.29, 0.717) is 6.42 Å². The van der Waals surface area contributed by atoms with E-state index >= 15 is 0 Å². The normalized spacial score (nSPS) is 12.6. The van der Waals surface area contributed by atoms with Crippen molar-refractivity contribution in [2.75, 3.05) is 0 Å². The summed E-state index contributed by atoms with van der Waals surface area (Å²) in [5, 5.41) is 10.8. The van der Waals surface area contributed by atoms with Crippen LogP contribution >= 0.6 is 0 Å². The van der Waals surface area contributed by atoms with Crippen LogP contribution in [0.2, 0.25) is 0 Å². The lowest BCUT2D eigenvalue weighted by atomic mass is 10.0. The number of hydrogen-bond donors (Lipinski definition) is 2. The van der Waals surface area contributed by atoms with Crippen molar-refractivity contribution < 1.29 is 9.90 Å². The number of rotatable bonds is 3. The highest BCUT2D eigenvalue weighted by atomic mass is 16.4. The fraction of sp³-hybridized carbons (Fsp3) is 0.167. The first-order valence-corrected chi connectivity index (χ1v) is 4.98. The lowest BCUT2D eigenvalue weighted by Gasteiger charge is -2.07. The lowest BCUT2D eigenvalue weighted by Crippen LogP contribution is -2.32. The van der Waals surface area contributed by atoms with Gasteiger partial charge in [-0.3, -0.25) is 9.78 Å². The standard InChI is InChI=1S/C12H12N2O2/c13-11(12(15)16)6-8-1-2-9-3-4-14-7-10(9)5-8/h1-5,7,11H,6,13H2,(H,15,16). The van der Waals surface area contributed by atoms with Gasteiger partial charge in [0, 0.05) is 17.8 Å². The second-order valence-electron chi connectivity index (χ2n) is 3.71. The molecule has 82 valence electrons. The predicted octanol–water partition coefficient (Wildman–Crippen LogP) is 1.19. The minimum Gasteiger partial charge on any atom is -0.480 e. The van der Waals surface area contributed by atoms with Gasteiger partial charge in [-0.25, -0.2) is 0 Å². The summed E-state index contributed by atoms with van der Waals surface area (Å²) in [6, 6.07) is 6.82. The van der Waals surface area contributed by atoms with Crippen LogP contribution in [-0.2, 0) is 11.2 Å². The van der Waals surface area contributed by atoms with Gasteiger partial charge in [-0.05, 0) is 29.5 Å². The number of nitrogens with zero attached hydrogens (tertiary/aromatic N) is 1. The van der Waals surface area contributed by atoms with Crippen molar-refractivity contribution in [2.24, 2.45) is 5.73 Å².